The molecule has 2 N–H and O–H groups in total. The number of piperidine rings is 1. The van der Waals surface area contributed by atoms with Crippen LogP contribution in [0.1, 0.15) is 56.0 Å². The summed E-state index contributed by atoms with van der Waals surface area (Å²) in [5.41, 5.74) is 1.20. The number of nitrogens with one attached hydrogen (secondary N) is 2. The van der Waals surface area contributed by atoms with Gasteiger partial charge in [0.2, 0.25) is 0 Å². The van der Waals surface area contributed by atoms with E-state index in [0.29, 0.717) is 0 Å². The summed E-state index contributed by atoms with van der Waals surface area (Å²) in [5, 5.41) is 6.62. The van der Waals surface area contributed by atoms with E-state index in [4.69, 9.17) is 0 Å². The van der Waals surface area contributed by atoms with Crippen LogP contribution in [-0.2, 0) is 12.8 Å². The molecule has 0 saturated carbocycles. The van der Waals surface area contributed by atoms with Crippen LogP contribution in [0.25, 0.3) is 0 Å². The highest BCUT2D eigenvalue weighted by Gasteiger charge is 2.16. The number of nitrogens with zero attached hydrogens (tertiary/aromatic N) is 2. The van der Waals surface area contributed by atoms with Crippen molar-refractivity contribution in [1.29, 1.82) is 0 Å². The number of hydrogen-bond donors (Lipinski definition) is 2. The van der Waals surface area contributed by atoms with Crippen LogP contribution >= 0.6 is 11.3 Å². The first kappa shape index (κ1) is 17.7. The fraction of sp³-hybridized carbons (Fsp3) is 0.778. The third-order valence-corrected chi connectivity index (χ3v) is 6.20. The minimum atomic E-state index is -0.119. The van der Waals surface area contributed by atoms with Crippen LogP contribution in [0.3, 0.4) is 0 Å². The Kier molecular flexibility index (Phi) is 6.49. The van der Waals surface area contributed by atoms with Crippen LogP contribution in [0, 0.1) is 5.92 Å². The van der Waals surface area contributed by atoms with E-state index in [2.05, 4.69) is 27.4 Å². The van der Waals surface area contributed by atoms with Crippen molar-refractivity contribution in [3.63, 3.8) is 0 Å². The second-order valence-corrected chi connectivity index (χ2v) is 8.29. The number of anilines is 1. The zero-order valence-corrected chi connectivity index (χ0v) is 15.6. The van der Waals surface area contributed by atoms with Gasteiger partial charge in [-0.15, -0.1) is 11.3 Å². The highest BCUT2D eigenvalue weighted by atomic mass is 32.1. The Balaban J connectivity index is 1.34. The molecule has 1 aliphatic carbocycles. The molecule has 6 heteroatoms. The molecule has 2 heterocycles. The first-order valence-electron chi connectivity index (χ1n) is 9.46. The second-order valence-electron chi connectivity index (χ2n) is 7.21. The lowest BCUT2D eigenvalue weighted by molar-refractivity contribution is 0.190. The van der Waals surface area contributed by atoms with Gasteiger partial charge < -0.3 is 10.2 Å². The van der Waals surface area contributed by atoms with Crippen LogP contribution in [0.5, 0.6) is 0 Å². The van der Waals surface area contributed by atoms with E-state index in [1.165, 1.54) is 55.8 Å². The number of hydrogen-bond acceptors (Lipinski definition) is 4. The van der Waals surface area contributed by atoms with Gasteiger partial charge in [-0.1, -0.05) is 13.3 Å². The quantitative estimate of drug-likeness (QED) is 0.629. The summed E-state index contributed by atoms with van der Waals surface area (Å²) in [5.74, 6) is 0.874. The maximum absolute atomic E-state index is 12.0. The molecular weight excluding hydrogens is 320 g/mol. The van der Waals surface area contributed by atoms with Gasteiger partial charge in [-0.3, -0.25) is 5.32 Å². The lowest BCUT2D eigenvalue weighted by Crippen LogP contribution is -2.36. The third kappa shape index (κ3) is 5.18. The van der Waals surface area contributed by atoms with Crippen molar-refractivity contribution in [2.75, 3.05) is 31.5 Å². The number of aromatic nitrogens is 1. The van der Waals surface area contributed by atoms with Crippen LogP contribution in [-0.4, -0.2) is 42.1 Å². The van der Waals surface area contributed by atoms with E-state index < -0.39 is 0 Å². The van der Waals surface area contributed by atoms with Crippen molar-refractivity contribution in [2.24, 2.45) is 5.92 Å². The van der Waals surface area contributed by atoms with Gasteiger partial charge in [0.1, 0.15) is 0 Å². The van der Waals surface area contributed by atoms with Gasteiger partial charge in [0.25, 0.3) is 0 Å². The predicted molar refractivity (Wildman–Crippen MR) is 99.8 cm³/mol. The lowest BCUT2D eigenvalue weighted by Gasteiger charge is -2.30. The van der Waals surface area contributed by atoms with Gasteiger partial charge in [0.15, 0.2) is 5.13 Å². The van der Waals surface area contributed by atoms with Gasteiger partial charge in [-0.05, 0) is 70.5 Å². The van der Waals surface area contributed by atoms with E-state index in [0.717, 1.165) is 43.4 Å². The summed E-state index contributed by atoms with van der Waals surface area (Å²) in [6.45, 7) is 6.55. The number of carbonyl (C=O) groups is 1. The number of aryl methyl sites for hydroxylation is 2. The van der Waals surface area contributed by atoms with Crippen LogP contribution < -0.4 is 10.6 Å². The van der Waals surface area contributed by atoms with Gasteiger partial charge in [-0.25, -0.2) is 9.78 Å². The first-order chi connectivity index (χ1) is 11.7. The van der Waals surface area contributed by atoms with E-state index in [1.807, 2.05) is 0 Å². The monoisotopic (exact) mass is 350 g/mol. The maximum atomic E-state index is 12.0. The molecule has 2 amide bonds. The fourth-order valence-electron chi connectivity index (χ4n) is 3.51. The summed E-state index contributed by atoms with van der Waals surface area (Å²) >= 11 is 1.65. The molecule has 5 nitrogen and oxygen atoms in total. The first-order valence-corrected chi connectivity index (χ1v) is 10.3. The average Bonchev–Trinajstić information content (AvgIpc) is 2.81. The SMILES string of the molecule is CC1CCN(CCCNC(=O)Nc2nc3c(s2)CCCCC3)CC1. The predicted octanol–water partition coefficient (Wildman–Crippen LogP) is 3.66. The second kappa shape index (κ2) is 8.81. The molecule has 0 aromatic carbocycles. The minimum absolute atomic E-state index is 0.119. The Morgan fingerprint density at radius 1 is 1.25 bits per heavy atom. The van der Waals surface area contributed by atoms with Crippen molar-refractivity contribution < 1.29 is 4.79 Å². The maximum Gasteiger partial charge on any atom is 0.321 e. The van der Waals surface area contributed by atoms with Crippen molar-refractivity contribution in [3.8, 4) is 0 Å². The topological polar surface area (TPSA) is 57.3 Å². The smallest absolute Gasteiger partial charge is 0.321 e. The minimum Gasteiger partial charge on any atom is -0.338 e. The Morgan fingerprint density at radius 2 is 2.04 bits per heavy atom. The number of thiazole rings is 1. The largest absolute Gasteiger partial charge is 0.338 e. The Labute approximate surface area is 149 Å². The molecule has 134 valence electrons. The molecule has 0 unspecified atom stereocenters. The van der Waals surface area contributed by atoms with Gasteiger partial charge in [0, 0.05) is 11.4 Å². The van der Waals surface area contributed by atoms with Crippen molar-refractivity contribution in [1.82, 2.24) is 15.2 Å². The Bertz CT molecular complexity index is 514. The Morgan fingerprint density at radius 3 is 2.88 bits per heavy atom. The standard InChI is InChI=1S/C18H30N4OS/c1-14-8-12-22(13-9-14)11-5-10-19-17(23)21-18-20-15-6-3-2-4-7-16(15)24-18/h14H,2-13H2,1H3,(H2,19,20,21,23). The van der Waals surface area contributed by atoms with Crippen molar-refractivity contribution in [2.45, 2.75) is 58.3 Å². The number of amides is 2. The number of urea groups is 1. The fourth-order valence-corrected chi connectivity index (χ4v) is 4.56. The molecule has 1 aromatic heterocycles. The van der Waals surface area contributed by atoms with E-state index in [-0.39, 0.29) is 6.03 Å². The highest BCUT2D eigenvalue weighted by molar-refractivity contribution is 7.15. The third-order valence-electron chi connectivity index (χ3n) is 5.13. The van der Waals surface area contributed by atoms with E-state index in [9.17, 15) is 4.79 Å². The molecule has 0 spiro atoms. The summed E-state index contributed by atoms with van der Waals surface area (Å²) < 4.78 is 0. The van der Waals surface area contributed by atoms with Crippen LogP contribution in [0.2, 0.25) is 0 Å². The number of likely N-dealkylation sites (tertiary alicyclic amines) is 1. The molecule has 0 atom stereocenters. The molecule has 24 heavy (non-hydrogen) atoms. The molecule has 0 bridgehead atoms. The normalized spacial score (nSPS) is 19.5. The van der Waals surface area contributed by atoms with Gasteiger partial charge in [0.05, 0.1) is 5.69 Å². The number of carbonyl (C=O) groups excluding carboxylic acids is 1. The van der Waals surface area contributed by atoms with Crippen LogP contribution in [0.4, 0.5) is 9.93 Å². The summed E-state index contributed by atoms with van der Waals surface area (Å²) in [6.07, 6.45) is 9.56. The number of fused-ring (bicyclic) bond motifs is 1. The average molecular weight is 351 g/mol. The van der Waals surface area contributed by atoms with Gasteiger partial charge >= 0.3 is 6.03 Å². The van der Waals surface area contributed by atoms with Gasteiger partial charge in [-0.2, -0.15) is 0 Å². The Hall–Kier alpha value is -1.14. The van der Waals surface area contributed by atoms with Crippen LogP contribution in [0.15, 0.2) is 0 Å². The summed E-state index contributed by atoms with van der Waals surface area (Å²) in [6, 6.07) is -0.119. The molecule has 1 aromatic rings. The summed E-state index contributed by atoms with van der Waals surface area (Å²) in [7, 11) is 0. The molecule has 3 rings (SSSR count). The molecule has 1 saturated heterocycles. The summed E-state index contributed by atoms with van der Waals surface area (Å²) in [4.78, 5) is 20.5. The van der Waals surface area contributed by atoms with Crippen molar-refractivity contribution in [3.05, 3.63) is 10.6 Å². The van der Waals surface area contributed by atoms with E-state index >= 15 is 0 Å². The van der Waals surface area contributed by atoms with Crippen molar-refractivity contribution >= 4 is 22.5 Å². The molecule has 2 aliphatic rings. The number of rotatable bonds is 5. The lowest BCUT2D eigenvalue weighted by atomic mass is 9.99. The zero-order chi connectivity index (χ0) is 16.8. The molecular formula is C18H30N4OS. The molecule has 0 radical (unpaired) electrons. The van der Waals surface area contributed by atoms with E-state index in [1.54, 1.807) is 11.3 Å². The molecule has 1 aliphatic heterocycles. The highest BCUT2D eigenvalue weighted by Crippen LogP contribution is 2.28. The zero-order valence-electron chi connectivity index (χ0n) is 14.8. The molecule has 1 fully saturated rings.